The minimum Gasteiger partial charge on any atom is -0.437 e. The molecule has 5 heteroatoms. The van der Waals surface area contributed by atoms with Crippen LogP contribution in [0.1, 0.15) is 5.56 Å². The van der Waals surface area contributed by atoms with E-state index in [1.54, 1.807) is 18.2 Å². The van der Waals surface area contributed by atoms with Crippen LogP contribution in [0, 0.1) is 6.92 Å². The second kappa shape index (κ2) is 4.51. The van der Waals surface area contributed by atoms with Crippen molar-refractivity contribution in [1.29, 1.82) is 0 Å². The fourth-order valence-electron chi connectivity index (χ4n) is 1.33. The molecule has 0 radical (unpaired) electrons. The Hall–Kier alpha value is -1.94. The Morgan fingerprint density at radius 1 is 1.18 bits per heavy atom. The van der Waals surface area contributed by atoms with Gasteiger partial charge >= 0.3 is 0 Å². The fourth-order valence-corrected chi connectivity index (χ4v) is 1.48. The van der Waals surface area contributed by atoms with Crippen molar-refractivity contribution in [3.63, 3.8) is 0 Å². The predicted molar refractivity (Wildman–Crippen MR) is 69.3 cm³/mol. The van der Waals surface area contributed by atoms with Gasteiger partial charge in [-0.2, -0.15) is 4.98 Å². The summed E-state index contributed by atoms with van der Waals surface area (Å²) in [6.45, 7) is 1.95. The number of anilines is 2. The minimum atomic E-state index is 0.242. The van der Waals surface area contributed by atoms with Crippen LogP contribution in [0.3, 0.4) is 0 Å². The summed E-state index contributed by atoms with van der Waals surface area (Å²) in [5.74, 6) is 1.15. The van der Waals surface area contributed by atoms with Crippen LogP contribution in [-0.4, -0.2) is 4.98 Å². The molecule has 4 nitrogen and oxygen atoms in total. The highest BCUT2D eigenvalue weighted by Crippen LogP contribution is 2.30. The average molecular weight is 250 g/mol. The van der Waals surface area contributed by atoms with E-state index in [4.69, 9.17) is 27.8 Å². The van der Waals surface area contributed by atoms with Gasteiger partial charge < -0.3 is 16.2 Å². The van der Waals surface area contributed by atoms with Crippen molar-refractivity contribution < 1.29 is 4.74 Å². The SMILES string of the molecule is Cc1ccc(Cl)c(Oc2ccc(N)c(N)n2)c1. The van der Waals surface area contributed by atoms with E-state index >= 15 is 0 Å². The maximum Gasteiger partial charge on any atom is 0.221 e. The van der Waals surface area contributed by atoms with Gasteiger partial charge in [-0.25, -0.2) is 0 Å². The maximum atomic E-state index is 6.01. The molecular weight excluding hydrogens is 238 g/mol. The molecule has 2 aromatic rings. The number of hydrogen-bond donors (Lipinski definition) is 2. The van der Waals surface area contributed by atoms with Crippen LogP contribution in [0.5, 0.6) is 11.6 Å². The Morgan fingerprint density at radius 3 is 2.65 bits per heavy atom. The van der Waals surface area contributed by atoms with Gasteiger partial charge in [0.2, 0.25) is 5.88 Å². The van der Waals surface area contributed by atoms with Gasteiger partial charge in [0, 0.05) is 6.07 Å². The summed E-state index contributed by atoms with van der Waals surface area (Å²) >= 11 is 6.01. The largest absolute Gasteiger partial charge is 0.437 e. The van der Waals surface area contributed by atoms with Crippen molar-refractivity contribution in [1.82, 2.24) is 4.98 Å². The number of nitrogens with two attached hydrogens (primary N) is 2. The molecule has 0 bridgehead atoms. The number of nitrogen functional groups attached to an aromatic ring is 2. The Bertz CT molecular complexity index is 557. The van der Waals surface area contributed by atoms with Crippen molar-refractivity contribution in [2.24, 2.45) is 0 Å². The number of halogens is 1. The summed E-state index contributed by atoms with van der Waals surface area (Å²) in [6, 6.07) is 8.79. The van der Waals surface area contributed by atoms with Gasteiger partial charge in [0.05, 0.1) is 10.7 Å². The summed E-state index contributed by atoms with van der Waals surface area (Å²) in [7, 11) is 0. The molecule has 0 spiro atoms. The van der Waals surface area contributed by atoms with E-state index in [9.17, 15) is 0 Å². The molecule has 17 heavy (non-hydrogen) atoms. The number of pyridine rings is 1. The third-order valence-electron chi connectivity index (χ3n) is 2.23. The van der Waals surface area contributed by atoms with Gasteiger partial charge in [-0.15, -0.1) is 0 Å². The minimum absolute atomic E-state index is 0.242. The van der Waals surface area contributed by atoms with Crippen molar-refractivity contribution in [2.75, 3.05) is 11.5 Å². The number of hydrogen-bond acceptors (Lipinski definition) is 4. The summed E-state index contributed by atoms with van der Waals surface area (Å²) in [4.78, 5) is 4.01. The summed E-state index contributed by atoms with van der Waals surface area (Å²) in [6.07, 6.45) is 0. The molecule has 1 aromatic heterocycles. The van der Waals surface area contributed by atoms with E-state index in [1.807, 2.05) is 19.1 Å². The summed E-state index contributed by atoms with van der Waals surface area (Å²) in [5, 5.41) is 0.521. The molecule has 0 unspecified atom stereocenters. The molecule has 2 rings (SSSR count). The second-order valence-electron chi connectivity index (χ2n) is 3.66. The van der Waals surface area contributed by atoms with Gasteiger partial charge in [-0.1, -0.05) is 17.7 Å². The van der Waals surface area contributed by atoms with Crippen LogP contribution in [0.4, 0.5) is 11.5 Å². The van der Waals surface area contributed by atoms with Crippen molar-refractivity contribution in [3.8, 4) is 11.6 Å². The molecule has 0 amide bonds. The number of benzene rings is 1. The topological polar surface area (TPSA) is 74.2 Å². The molecule has 0 saturated heterocycles. The quantitative estimate of drug-likeness (QED) is 0.858. The number of aryl methyl sites for hydroxylation is 1. The van der Waals surface area contributed by atoms with Crippen LogP contribution >= 0.6 is 11.6 Å². The normalized spacial score (nSPS) is 10.2. The molecule has 0 saturated carbocycles. The molecule has 0 fully saturated rings. The predicted octanol–water partition coefficient (Wildman–Crippen LogP) is 3.00. The lowest BCUT2D eigenvalue weighted by atomic mass is 10.2. The zero-order valence-electron chi connectivity index (χ0n) is 9.27. The lowest BCUT2D eigenvalue weighted by molar-refractivity contribution is 0.464. The van der Waals surface area contributed by atoms with E-state index in [0.29, 0.717) is 22.3 Å². The average Bonchev–Trinajstić information content (AvgIpc) is 2.29. The molecule has 0 aliphatic rings. The van der Waals surface area contributed by atoms with E-state index < -0.39 is 0 Å². The van der Waals surface area contributed by atoms with E-state index in [-0.39, 0.29) is 5.82 Å². The highest BCUT2D eigenvalue weighted by atomic mass is 35.5. The molecule has 0 atom stereocenters. The first-order valence-electron chi connectivity index (χ1n) is 5.02. The first kappa shape index (κ1) is 11.5. The van der Waals surface area contributed by atoms with Gasteiger partial charge in [0.25, 0.3) is 0 Å². The van der Waals surface area contributed by atoms with Crippen LogP contribution in [-0.2, 0) is 0 Å². The third kappa shape index (κ3) is 2.60. The molecule has 0 aliphatic carbocycles. The highest BCUT2D eigenvalue weighted by molar-refractivity contribution is 6.32. The van der Waals surface area contributed by atoms with E-state index in [0.717, 1.165) is 5.56 Å². The third-order valence-corrected chi connectivity index (χ3v) is 2.55. The first-order valence-corrected chi connectivity index (χ1v) is 5.40. The molecule has 1 aromatic carbocycles. The van der Waals surface area contributed by atoms with Crippen LogP contribution in [0.15, 0.2) is 30.3 Å². The first-order chi connectivity index (χ1) is 8.06. The van der Waals surface area contributed by atoms with E-state index in [2.05, 4.69) is 4.98 Å². The summed E-state index contributed by atoms with van der Waals surface area (Å²) < 4.78 is 5.55. The molecule has 4 N–H and O–H groups in total. The molecule has 1 heterocycles. The van der Waals surface area contributed by atoms with Crippen LogP contribution in [0.25, 0.3) is 0 Å². The Morgan fingerprint density at radius 2 is 1.94 bits per heavy atom. The van der Waals surface area contributed by atoms with Crippen molar-refractivity contribution >= 4 is 23.1 Å². The number of aromatic nitrogens is 1. The monoisotopic (exact) mass is 249 g/mol. The zero-order chi connectivity index (χ0) is 12.4. The fraction of sp³-hybridized carbons (Fsp3) is 0.0833. The van der Waals surface area contributed by atoms with Crippen molar-refractivity contribution in [3.05, 3.63) is 40.9 Å². The van der Waals surface area contributed by atoms with Crippen LogP contribution < -0.4 is 16.2 Å². The Kier molecular flexibility index (Phi) is 3.06. The van der Waals surface area contributed by atoms with Gasteiger partial charge in [0.15, 0.2) is 5.82 Å². The Labute approximate surface area is 104 Å². The lowest BCUT2D eigenvalue weighted by Gasteiger charge is -2.08. The van der Waals surface area contributed by atoms with Gasteiger partial charge in [-0.3, -0.25) is 0 Å². The highest BCUT2D eigenvalue weighted by Gasteiger charge is 2.05. The number of ether oxygens (including phenoxy) is 1. The molecule has 88 valence electrons. The Balaban J connectivity index is 2.31. The number of rotatable bonds is 2. The van der Waals surface area contributed by atoms with Crippen molar-refractivity contribution in [2.45, 2.75) is 6.92 Å². The number of nitrogens with zero attached hydrogens (tertiary/aromatic N) is 1. The van der Waals surface area contributed by atoms with Gasteiger partial charge in [0.1, 0.15) is 5.75 Å². The standard InChI is InChI=1S/C12H12ClN3O/c1-7-2-3-8(13)10(6-7)17-11-5-4-9(14)12(15)16-11/h2-6H,14H2,1H3,(H2,15,16). The maximum absolute atomic E-state index is 6.01. The molecule has 0 aliphatic heterocycles. The molecular formula is C12H12ClN3O. The smallest absolute Gasteiger partial charge is 0.221 e. The van der Waals surface area contributed by atoms with E-state index in [1.165, 1.54) is 0 Å². The second-order valence-corrected chi connectivity index (χ2v) is 4.07. The lowest BCUT2D eigenvalue weighted by Crippen LogP contribution is -1.99. The van der Waals surface area contributed by atoms with Crippen LogP contribution in [0.2, 0.25) is 5.02 Å². The van der Waals surface area contributed by atoms with Gasteiger partial charge in [-0.05, 0) is 30.7 Å². The summed E-state index contributed by atoms with van der Waals surface area (Å²) in [5.41, 5.74) is 12.6. The zero-order valence-corrected chi connectivity index (χ0v) is 10.0.